The summed E-state index contributed by atoms with van der Waals surface area (Å²) in [7, 11) is 0. The summed E-state index contributed by atoms with van der Waals surface area (Å²) < 4.78 is 2.07. The topological polar surface area (TPSA) is 38.0 Å². The fourth-order valence-corrected chi connectivity index (χ4v) is 1.92. The number of benzene rings is 1. The molecule has 1 atom stereocenters. The Morgan fingerprint density at radius 2 is 1.94 bits per heavy atom. The van der Waals surface area contributed by atoms with Gasteiger partial charge in [0.2, 0.25) is 0 Å². The second-order valence-electron chi connectivity index (χ2n) is 4.08. The molecule has 1 aromatic heterocycles. The van der Waals surface area contributed by atoms with Gasteiger partial charge in [0.25, 0.3) is 0 Å². The van der Waals surface area contributed by atoms with Gasteiger partial charge < -0.3 is 9.67 Å². The van der Waals surface area contributed by atoms with Crippen LogP contribution in [-0.2, 0) is 6.42 Å². The van der Waals surface area contributed by atoms with Crippen LogP contribution in [0, 0.1) is 0 Å². The van der Waals surface area contributed by atoms with Crippen LogP contribution in [0.3, 0.4) is 0 Å². The molecule has 0 saturated carbocycles. The van der Waals surface area contributed by atoms with E-state index in [1.165, 1.54) is 0 Å². The maximum Gasteiger partial charge on any atom is 0.112 e. The molecule has 0 aliphatic heterocycles. The molecule has 3 heteroatoms. The SMILES string of the molecule is CCc1nccn1-c1ccc(C(O)CC)cc1. The summed E-state index contributed by atoms with van der Waals surface area (Å²) in [5.41, 5.74) is 2.06. The quantitative estimate of drug-likeness (QED) is 0.877. The molecule has 0 bridgehead atoms. The van der Waals surface area contributed by atoms with Crippen molar-refractivity contribution in [3.05, 3.63) is 48.0 Å². The third-order valence-electron chi connectivity index (χ3n) is 2.98. The summed E-state index contributed by atoms with van der Waals surface area (Å²) in [6.07, 6.45) is 5.06. The number of aliphatic hydroxyl groups excluding tert-OH is 1. The lowest BCUT2D eigenvalue weighted by atomic mass is 10.1. The van der Waals surface area contributed by atoms with Crippen LogP contribution in [0.4, 0.5) is 0 Å². The maximum absolute atomic E-state index is 9.73. The molecular weight excluding hydrogens is 212 g/mol. The molecule has 0 saturated heterocycles. The van der Waals surface area contributed by atoms with Crippen molar-refractivity contribution in [1.29, 1.82) is 0 Å². The molecule has 17 heavy (non-hydrogen) atoms. The van der Waals surface area contributed by atoms with E-state index in [0.717, 1.165) is 29.9 Å². The highest BCUT2D eigenvalue weighted by Gasteiger charge is 2.06. The molecule has 0 aliphatic carbocycles. The molecule has 2 aromatic rings. The van der Waals surface area contributed by atoms with E-state index < -0.39 is 0 Å². The number of aryl methyl sites for hydroxylation is 1. The van der Waals surface area contributed by atoms with Gasteiger partial charge in [0.1, 0.15) is 5.82 Å². The van der Waals surface area contributed by atoms with Crippen LogP contribution in [0.25, 0.3) is 5.69 Å². The van der Waals surface area contributed by atoms with Crippen molar-refractivity contribution in [2.24, 2.45) is 0 Å². The Morgan fingerprint density at radius 1 is 1.24 bits per heavy atom. The van der Waals surface area contributed by atoms with Crippen molar-refractivity contribution in [2.75, 3.05) is 0 Å². The van der Waals surface area contributed by atoms with E-state index in [1.54, 1.807) is 0 Å². The average Bonchev–Trinajstić information content (AvgIpc) is 2.86. The average molecular weight is 230 g/mol. The molecule has 2 rings (SSSR count). The van der Waals surface area contributed by atoms with Gasteiger partial charge in [0.15, 0.2) is 0 Å². The van der Waals surface area contributed by atoms with Crippen molar-refractivity contribution in [2.45, 2.75) is 32.8 Å². The lowest BCUT2D eigenvalue weighted by molar-refractivity contribution is 0.173. The molecule has 1 N–H and O–H groups in total. The maximum atomic E-state index is 9.73. The van der Waals surface area contributed by atoms with Crippen LogP contribution < -0.4 is 0 Å². The number of aliphatic hydroxyl groups is 1. The molecule has 0 amide bonds. The molecule has 1 unspecified atom stereocenters. The molecular formula is C14H18N2O. The van der Waals surface area contributed by atoms with Gasteiger partial charge in [-0.1, -0.05) is 26.0 Å². The highest BCUT2D eigenvalue weighted by Crippen LogP contribution is 2.19. The van der Waals surface area contributed by atoms with Crippen molar-refractivity contribution in [3.8, 4) is 5.69 Å². The summed E-state index contributed by atoms with van der Waals surface area (Å²) in [5.74, 6) is 1.05. The summed E-state index contributed by atoms with van der Waals surface area (Å²) in [4.78, 5) is 4.30. The standard InChI is InChI=1S/C14H18N2O/c1-3-13(17)11-5-7-12(8-6-11)16-10-9-15-14(16)4-2/h5-10,13,17H,3-4H2,1-2H3. The Balaban J connectivity index is 2.29. The number of rotatable bonds is 4. The highest BCUT2D eigenvalue weighted by molar-refractivity contribution is 5.36. The zero-order chi connectivity index (χ0) is 12.3. The van der Waals surface area contributed by atoms with Crippen LogP contribution in [0.1, 0.15) is 37.8 Å². The Hall–Kier alpha value is -1.61. The number of hydrogen-bond acceptors (Lipinski definition) is 2. The predicted molar refractivity (Wildman–Crippen MR) is 68.2 cm³/mol. The minimum atomic E-state index is -0.363. The van der Waals surface area contributed by atoms with E-state index in [0.29, 0.717) is 0 Å². The Labute approximate surface area is 102 Å². The Morgan fingerprint density at radius 3 is 2.53 bits per heavy atom. The monoisotopic (exact) mass is 230 g/mol. The smallest absolute Gasteiger partial charge is 0.112 e. The minimum absolute atomic E-state index is 0.363. The molecule has 1 heterocycles. The summed E-state index contributed by atoms with van der Waals surface area (Å²) in [6, 6.07) is 8.00. The van der Waals surface area contributed by atoms with Gasteiger partial charge >= 0.3 is 0 Å². The summed E-state index contributed by atoms with van der Waals surface area (Å²) >= 11 is 0. The first kappa shape index (κ1) is 11.9. The van der Waals surface area contributed by atoms with E-state index >= 15 is 0 Å². The van der Waals surface area contributed by atoms with E-state index in [9.17, 15) is 5.11 Å². The van der Waals surface area contributed by atoms with E-state index in [1.807, 2.05) is 43.6 Å². The van der Waals surface area contributed by atoms with E-state index in [-0.39, 0.29) is 6.10 Å². The van der Waals surface area contributed by atoms with Gasteiger partial charge in [0, 0.05) is 24.5 Å². The number of aromatic nitrogens is 2. The van der Waals surface area contributed by atoms with Gasteiger partial charge in [-0.05, 0) is 24.1 Å². The first-order valence-electron chi connectivity index (χ1n) is 6.06. The Bertz CT molecular complexity index is 473. The molecule has 0 aliphatic rings. The summed E-state index contributed by atoms with van der Waals surface area (Å²) in [5, 5.41) is 9.73. The lowest BCUT2D eigenvalue weighted by Gasteiger charge is -2.10. The zero-order valence-corrected chi connectivity index (χ0v) is 10.3. The number of hydrogen-bond donors (Lipinski definition) is 1. The van der Waals surface area contributed by atoms with Crippen LogP contribution in [0.15, 0.2) is 36.7 Å². The van der Waals surface area contributed by atoms with Crippen LogP contribution in [0.2, 0.25) is 0 Å². The fraction of sp³-hybridized carbons (Fsp3) is 0.357. The minimum Gasteiger partial charge on any atom is -0.388 e. The van der Waals surface area contributed by atoms with E-state index in [4.69, 9.17) is 0 Å². The molecule has 1 aromatic carbocycles. The van der Waals surface area contributed by atoms with Crippen molar-refractivity contribution in [1.82, 2.24) is 9.55 Å². The Kier molecular flexibility index (Phi) is 3.59. The van der Waals surface area contributed by atoms with E-state index in [2.05, 4.69) is 16.5 Å². The normalized spacial score (nSPS) is 12.6. The van der Waals surface area contributed by atoms with Gasteiger partial charge in [0.05, 0.1) is 6.10 Å². The fourth-order valence-electron chi connectivity index (χ4n) is 1.92. The highest BCUT2D eigenvalue weighted by atomic mass is 16.3. The molecule has 3 nitrogen and oxygen atoms in total. The van der Waals surface area contributed by atoms with Gasteiger partial charge in [-0.2, -0.15) is 0 Å². The van der Waals surface area contributed by atoms with Crippen molar-refractivity contribution >= 4 is 0 Å². The second kappa shape index (κ2) is 5.15. The van der Waals surface area contributed by atoms with Gasteiger partial charge in [-0.3, -0.25) is 0 Å². The third kappa shape index (κ3) is 2.39. The lowest BCUT2D eigenvalue weighted by Crippen LogP contribution is -2.00. The second-order valence-corrected chi connectivity index (χ2v) is 4.08. The van der Waals surface area contributed by atoms with Gasteiger partial charge in [-0.15, -0.1) is 0 Å². The predicted octanol–water partition coefficient (Wildman–Crippen LogP) is 2.88. The van der Waals surface area contributed by atoms with Crippen LogP contribution >= 0.6 is 0 Å². The van der Waals surface area contributed by atoms with Crippen LogP contribution in [-0.4, -0.2) is 14.7 Å². The molecule has 0 fully saturated rings. The molecule has 0 spiro atoms. The first-order valence-corrected chi connectivity index (χ1v) is 6.06. The van der Waals surface area contributed by atoms with Crippen LogP contribution in [0.5, 0.6) is 0 Å². The third-order valence-corrected chi connectivity index (χ3v) is 2.98. The number of imidazole rings is 1. The summed E-state index contributed by atoms with van der Waals surface area (Å²) in [6.45, 7) is 4.07. The molecule has 90 valence electrons. The van der Waals surface area contributed by atoms with Gasteiger partial charge in [-0.25, -0.2) is 4.98 Å². The largest absolute Gasteiger partial charge is 0.388 e. The molecule has 0 radical (unpaired) electrons. The van der Waals surface area contributed by atoms with Crippen molar-refractivity contribution < 1.29 is 5.11 Å². The zero-order valence-electron chi connectivity index (χ0n) is 10.3. The number of nitrogens with zero attached hydrogens (tertiary/aromatic N) is 2. The van der Waals surface area contributed by atoms with Crippen molar-refractivity contribution in [3.63, 3.8) is 0 Å². The first-order chi connectivity index (χ1) is 8.26.